The van der Waals surface area contributed by atoms with E-state index < -0.39 is 7.95 Å². The third-order valence-corrected chi connectivity index (χ3v) is 23.3. The Kier molecular flexibility index (Phi) is 15.1. The quantitative estimate of drug-likeness (QED) is 0.124. The van der Waals surface area contributed by atoms with Gasteiger partial charge in [-0.3, -0.25) is 0 Å². The molecule has 1 saturated carbocycles. The first-order valence-electron chi connectivity index (χ1n) is 9.81. The Morgan fingerprint density at radius 2 is 1.48 bits per heavy atom. The van der Waals surface area contributed by atoms with Gasteiger partial charge in [-0.25, -0.2) is 0 Å². The van der Waals surface area contributed by atoms with E-state index in [1.165, 1.54) is 56.5 Å². The van der Waals surface area contributed by atoms with E-state index in [0.29, 0.717) is 19.8 Å². The first kappa shape index (κ1) is 24.5. The van der Waals surface area contributed by atoms with Crippen LogP contribution in [0.2, 0.25) is 0 Å². The molecule has 150 valence electrons. The largest absolute Gasteiger partial charge is 0.808 e. The standard InChI is InChI=1S/C17H37O3S4Si/c1-5-15-21-23-24(22-16-14-17-12-10-9-11-13-17)25(18-6-2,19-7-3)20-8-4/h17H,5-16H2,1-4H3/q+1. The molecule has 0 N–H and O–H groups in total. The Labute approximate surface area is 170 Å². The average Bonchev–Trinajstić information content (AvgIpc) is 2.62. The van der Waals surface area contributed by atoms with Gasteiger partial charge in [-0.2, -0.15) is 0 Å². The SMILES string of the molecule is CCCSS[S+](SCCC1CCCCC1)[Si](OCC)(OCC)OCC. The Hall–Kier alpha value is 1.50. The fourth-order valence-electron chi connectivity index (χ4n) is 2.86. The minimum atomic E-state index is -2.63. The fraction of sp³-hybridized carbons (Fsp3) is 1.00. The highest BCUT2D eigenvalue weighted by Crippen LogP contribution is 2.46. The predicted octanol–water partition coefficient (Wildman–Crippen LogP) is 6.47. The van der Waals surface area contributed by atoms with Crippen LogP contribution in [0.15, 0.2) is 0 Å². The highest BCUT2D eigenvalue weighted by Gasteiger charge is 2.66. The molecule has 1 fully saturated rings. The molecule has 8 heteroatoms. The lowest BCUT2D eigenvalue weighted by Gasteiger charge is -2.24. The lowest BCUT2D eigenvalue weighted by atomic mass is 9.88. The van der Waals surface area contributed by atoms with Gasteiger partial charge in [0, 0.05) is 31.3 Å². The first-order valence-corrected chi connectivity index (χ1v) is 17.8. The van der Waals surface area contributed by atoms with Gasteiger partial charge >= 0.3 is 7.95 Å². The first-order chi connectivity index (χ1) is 12.2. The molecule has 1 atom stereocenters. The van der Waals surface area contributed by atoms with Crippen molar-refractivity contribution in [3.63, 3.8) is 0 Å². The Balaban J connectivity index is 2.67. The molecule has 0 aromatic carbocycles. The van der Waals surface area contributed by atoms with Crippen molar-refractivity contribution in [2.24, 2.45) is 5.92 Å². The predicted molar refractivity (Wildman–Crippen MR) is 122 cm³/mol. The van der Waals surface area contributed by atoms with Crippen LogP contribution in [0, 0.1) is 5.92 Å². The summed E-state index contributed by atoms with van der Waals surface area (Å²) in [4.78, 5) is 0. The molecular formula is C17H37O3S4Si+. The van der Waals surface area contributed by atoms with E-state index in [1.807, 2.05) is 31.4 Å². The molecule has 0 amide bonds. The molecule has 1 unspecified atom stereocenters. The van der Waals surface area contributed by atoms with Crippen molar-refractivity contribution in [1.82, 2.24) is 0 Å². The summed E-state index contributed by atoms with van der Waals surface area (Å²) in [5.41, 5.74) is 0. The van der Waals surface area contributed by atoms with Gasteiger partial charge in [0.05, 0.1) is 10.8 Å². The summed E-state index contributed by atoms with van der Waals surface area (Å²) in [5, 5.41) is 0. The summed E-state index contributed by atoms with van der Waals surface area (Å²) in [6.45, 7) is 10.4. The van der Waals surface area contributed by atoms with Crippen LogP contribution in [0.4, 0.5) is 0 Å². The third kappa shape index (κ3) is 9.50. The van der Waals surface area contributed by atoms with Crippen LogP contribution in [0.5, 0.6) is 0 Å². The van der Waals surface area contributed by atoms with E-state index in [9.17, 15) is 0 Å². The second-order valence-electron chi connectivity index (χ2n) is 6.04. The lowest BCUT2D eigenvalue weighted by molar-refractivity contribution is 0.0966. The van der Waals surface area contributed by atoms with Gasteiger partial charge in [-0.1, -0.05) is 39.0 Å². The number of hydrogen-bond donors (Lipinski definition) is 0. The normalized spacial score (nSPS) is 17.8. The highest BCUT2D eigenvalue weighted by atomic mass is 33.8. The summed E-state index contributed by atoms with van der Waals surface area (Å²) in [6.07, 6.45) is 9.69. The van der Waals surface area contributed by atoms with E-state index >= 15 is 0 Å². The van der Waals surface area contributed by atoms with Crippen LogP contribution in [-0.2, 0) is 21.7 Å². The van der Waals surface area contributed by atoms with Crippen LogP contribution in [-0.4, -0.2) is 39.3 Å². The third-order valence-electron chi connectivity index (χ3n) is 4.01. The summed E-state index contributed by atoms with van der Waals surface area (Å²) in [6, 6.07) is 0. The Morgan fingerprint density at radius 3 is 2.00 bits per heavy atom. The van der Waals surface area contributed by atoms with Crippen LogP contribution in [0.1, 0.15) is 72.6 Å². The minimum absolute atomic E-state index is 0.0578. The molecule has 1 aliphatic rings. The number of hydrogen-bond acceptors (Lipinski definition) is 6. The second kappa shape index (κ2) is 15.4. The topological polar surface area (TPSA) is 27.7 Å². The van der Waals surface area contributed by atoms with Crippen molar-refractivity contribution in [2.75, 3.05) is 31.3 Å². The van der Waals surface area contributed by atoms with Crippen molar-refractivity contribution >= 4 is 47.8 Å². The summed E-state index contributed by atoms with van der Waals surface area (Å²) in [5.74, 6) is 3.31. The minimum Gasteiger partial charge on any atom is -0.331 e. The summed E-state index contributed by atoms with van der Waals surface area (Å²) >= 11 is 0. The van der Waals surface area contributed by atoms with Gasteiger partial charge in [-0.05, 0) is 50.3 Å². The maximum Gasteiger partial charge on any atom is 0.808 e. The molecule has 3 nitrogen and oxygen atoms in total. The zero-order valence-electron chi connectivity index (χ0n) is 16.4. The van der Waals surface area contributed by atoms with Crippen LogP contribution in [0.3, 0.4) is 0 Å². The van der Waals surface area contributed by atoms with Crippen molar-refractivity contribution in [2.45, 2.75) is 72.6 Å². The maximum absolute atomic E-state index is 6.20. The van der Waals surface area contributed by atoms with E-state index in [-0.39, 0.29) is 8.41 Å². The molecule has 0 aromatic rings. The molecule has 25 heavy (non-hydrogen) atoms. The molecule has 0 bridgehead atoms. The number of rotatable bonds is 15. The molecule has 0 spiro atoms. The van der Waals surface area contributed by atoms with Gasteiger partial charge in [0.25, 0.3) is 0 Å². The van der Waals surface area contributed by atoms with Crippen LogP contribution >= 0.6 is 31.4 Å². The lowest BCUT2D eigenvalue weighted by Crippen LogP contribution is -2.51. The van der Waals surface area contributed by atoms with Gasteiger partial charge < -0.3 is 13.3 Å². The van der Waals surface area contributed by atoms with E-state index in [4.69, 9.17) is 13.3 Å². The second-order valence-corrected chi connectivity index (χ2v) is 20.0. The molecule has 1 aliphatic carbocycles. The van der Waals surface area contributed by atoms with E-state index in [1.54, 1.807) is 0 Å². The summed E-state index contributed by atoms with van der Waals surface area (Å²) < 4.78 is 18.6. The molecule has 0 aliphatic heterocycles. The Bertz CT molecular complexity index is 303. The highest BCUT2D eigenvalue weighted by molar-refractivity contribution is 9.29. The zero-order chi connectivity index (χ0) is 18.4. The molecular weight excluding hydrogens is 409 g/mol. The molecule has 1 rings (SSSR count). The monoisotopic (exact) mass is 445 g/mol. The van der Waals surface area contributed by atoms with Gasteiger partial charge in [0.15, 0.2) is 18.2 Å². The van der Waals surface area contributed by atoms with Gasteiger partial charge in [-0.15, -0.1) is 0 Å². The van der Waals surface area contributed by atoms with Crippen LogP contribution < -0.4 is 0 Å². The maximum atomic E-state index is 6.20. The smallest absolute Gasteiger partial charge is 0.331 e. The van der Waals surface area contributed by atoms with Crippen molar-refractivity contribution in [3.8, 4) is 0 Å². The van der Waals surface area contributed by atoms with Gasteiger partial charge in [0.2, 0.25) is 0 Å². The molecule has 0 heterocycles. The van der Waals surface area contributed by atoms with Crippen LogP contribution in [0.25, 0.3) is 0 Å². The average molecular weight is 446 g/mol. The molecule has 0 aromatic heterocycles. The molecule has 0 saturated heterocycles. The van der Waals surface area contributed by atoms with Gasteiger partial charge in [0.1, 0.15) is 0 Å². The van der Waals surface area contributed by atoms with Crippen molar-refractivity contribution < 1.29 is 13.3 Å². The Morgan fingerprint density at radius 1 is 0.880 bits per heavy atom. The fourth-order valence-corrected chi connectivity index (χ4v) is 23.5. The van der Waals surface area contributed by atoms with E-state index in [0.717, 1.165) is 5.92 Å². The van der Waals surface area contributed by atoms with Crippen molar-refractivity contribution in [3.05, 3.63) is 0 Å². The molecule has 0 radical (unpaired) electrons. The zero-order valence-corrected chi connectivity index (χ0v) is 20.7. The summed E-state index contributed by atoms with van der Waals surface area (Å²) in [7, 11) is 3.27. The van der Waals surface area contributed by atoms with Crippen molar-refractivity contribution in [1.29, 1.82) is 0 Å². The van der Waals surface area contributed by atoms with E-state index in [2.05, 4.69) is 27.7 Å².